The van der Waals surface area contributed by atoms with Crippen molar-refractivity contribution in [2.24, 2.45) is 0 Å². The average Bonchev–Trinajstić information content (AvgIpc) is 3.32. The summed E-state index contributed by atoms with van der Waals surface area (Å²) in [4.78, 5) is 18.6. The highest BCUT2D eigenvalue weighted by atomic mass is 17.5. The fraction of sp³-hybridized carbons (Fsp3) is 0.500. The van der Waals surface area contributed by atoms with Gasteiger partial charge in [-0.25, -0.2) is 9.78 Å². The Morgan fingerprint density at radius 2 is 1.90 bits per heavy atom. The van der Waals surface area contributed by atoms with Crippen LogP contribution in [0.5, 0.6) is 5.75 Å². The maximum Gasteiger partial charge on any atom is 0.269 e. The second-order valence-corrected chi connectivity index (χ2v) is 4.08. The van der Waals surface area contributed by atoms with E-state index < -0.39 is 4.92 Å². The summed E-state index contributed by atoms with van der Waals surface area (Å²) < 4.78 is 10.3. The molecule has 1 aromatic carbocycles. The number of nitro benzene ring substituents is 1. The van der Waals surface area contributed by atoms with Gasteiger partial charge in [0.1, 0.15) is 18.5 Å². The Balaban J connectivity index is 0.000000205. The van der Waals surface area contributed by atoms with Crippen molar-refractivity contribution in [1.29, 1.82) is 0 Å². The van der Waals surface area contributed by atoms with E-state index in [0.717, 1.165) is 13.0 Å². The van der Waals surface area contributed by atoms with E-state index in [-0.39, 0.29) is 11.8 Å². The van der Waals surface area contributed by atoms with Crippen LogP contribution in [0.2, 0.25) is 0 Å². The van der Waals surface area contributed by atoms with Gasteiger partial charge in [0.15, 0.2) is 0 Å². The first-order valence-electron chi connectivity index (χ1n) is 6.15. The van der Waals surface area contributed by atoms with Crippen LogP contribution in [0.25, 0.3) is 0 Å². The van der Waals surface area contributed by atoms with Crippen LogP contribution in [0.3, 0.4) is 0 Å². The zero-order chi connectivity index (χ0) is 14.2. The van der Waals surface area contributed by atoms with Gasteiger partial charge in [-0.15, -0.1) is 0 Å². The van der Waals surface area contributed by atoms with Gasteiger partial charge < -0.3 is 9.47 Å². The monoisotopic (exact) mass is 285 g/mol. The van der Waals surface area contributed by atoms with Gasteiger partial charge in [0, 0.05) is 18.6 Å². The lowest BCUT2D eigenvalue weighted by Crippen LogP contribution is -2.08. The highest BCUT2D eigenvalue weighted by Gasteiger charge is 2.23. The quantitative estimate of drug-likeness (QED) is 0.359. The second-order valence-electron chi connectivity index (χ2n) is 4.08. The zero-order valence-electron chi connectivity index (χ0n) is 10.7. The van der Waals surface area contributed by atoms with Crippen LogP contribution in [-0.2, 0) is 19.6 Å². The molecule has 2 saturated heterocycles. The van der Waals surface area contributed by atoms with Crippen molar-refractivity contribution in [2.45, 2.75) is 12.5 Å². The molecule has 0 saturated carbocycles. The third kappa shape index (κ3) is 5.49. The van der Waals surface area contributed by atoms with E-state index >= 15 is 0 Å². The molecule has 0 aromatic heterocycles. The average molecular weight is 285 g/mol. The molecule has 2 heterocycles. The Morgan fingerprint density at radius 1 is 1.25 bits per heavy atom. The van der Waals surface area contributed by atoms with Gasteiger partial charge in [-0.3, -0.25) is 10.1 Å². The summed E-state index contributed by atoms with van der Waals surface area (Å²) in [5, 5.41) is 14.4. The molecule has 0 bridgehead atoms. The molecule has 2 aliphatic rings. The van der Waals surface area contributed by atoms with Crippen LogP contribution in [-0.4, -0.2) is 37.5 Å². The molecular weight excluding hydrogens is 270 g/mol. The van der Waals surface area contributed by atoms with Crippen LogP contribution in [0, 0.1) is 10.1 Å². The van der Waals surface area contributed by atoms with E-state index in [1.165, 1.54) is 12.1 Å². The highest BCUT2D eigenvalue weighted by molar-refractivity contribution is 5.35. The van der Waals surface area contributed by atoms with Gasteiger partial charge in [0.05, 0.1) is 24.7 Å². The lowest BCUT2D eigenvalue weighted by Gasteiger charge is -2.06. The highest BCUT2D eigenvalue weighted by Crippen LogP contribution is 2.18. The number of nitrogens with zero attached hydrogens (tertiary/aromatic N) is 1. The summed E-state index contributed by atoms with van der Waals surface area (Å²) in [5.41, 5.74) is 0.0695. The first-order chi connectivity index (χ1) is 9.75. The predicted molar refractivity (Wildman–Crippen MR) is 65.9 cm³/mol. The molecular formula is C12H15NO7. The summed E-state index contributed by atoms with van der Waals surface area (Å²) >= 11 is 0. The SMILES string of the molecule is C1COOOC1.O=[N+]([O-])c1ccc(OCC2CO2)cc1. The van der Waals surface area contributed by atoms with Crippen molar-refractivity contribution >= 4 is 5.69 Å². The minimum Gasteiger partial charge on any atom is -0.491 e. The van der Waals surface area contributed by atoms with Crippen molar-refractivity contribution < 1.29 is 29.2 Å². The topological polar surface area (TPSA) is 92.6 Å². The Morgan fingerprint density at radius 3 is 2.30 bits per heavy atom. The summed E-state index contributed by atoms with van der Waals surface area (Å²) in [6, 6.07) is 6.01. The fourth-order valence-corrected chi connectivity index (χ4v) is 1.30. The minimum atomic E-state index is -0.437. The summed E-state index contributed by atoms with van der Waals surface area (Å²) in [6.07, 6.45) is 1.13. The van der Waals surface area contributed by atoms with E-state index in [2.05, 4.69) is 14.8 Å². The Bertz CT molecular complexity index is 403. The van der Waals surface area contributed by atoms with Crippen LogP contribution in [0.4, 0.5) is 5.69 Å². The van der Waals surface area contributed by atoms with Crippen molar-refractivity contribution in [2.75, 3.05) is 26.4 Å². The molecule has 0 N–H and O–H groups in total. The van der Waals surface area contributed by atoms with E-state index in [1.807, 2.05) is 0 Å². The molecule has 1 unspecified atom stereocenters. The van der Waals surface area contributed by atoms with Gasteiger partial charge in [-0.05, 0) is 12.1 Å². The van der Waals surface area contributed by atoms with E-state index in [0.29, 0.717) is 25.6 Å². The number of ether oxygens (including phenoxy) is 2. The van der Waals surface area contributed by atoms with Gasteiger partial charge in [0.2, 0.25) is 0 Å². The summed E-state index contributed by atoms with van der Waals surface area (Å²) in [6.45, 7) is 2.56. The molecule has 3 rings (SSSR count). The minimum absolute atomic E-state index is 0.0695. The molecule has 110 valence electrons. The number of epoxide rings is 1. The maximum absolute atomic E-state index is 10.3. The van der Waals surface area contributed by atoms with Crippen molar-refractivity contribution in [3.8, 4) is 5.75 Å². The molecule has 1 atom stereocenters. The van der Waals surface area contributed by atoms with E-state index in [4.69, 9.17) is 9.47 Å². The number of rotatable bonds is 4. The Hall–Kier alpha value is -1.74. The lowest BCUT2D eigenvalue weighted by atomic mass is 10.3. The summed E-state index contributed by atoms with van der Waals surface area (Å²) in [5.74, 6) is 0.631. The second kappa shape index (κ2) is 7.75. The Labute approximate surface area is 115 Å². The maximum atomic E-state index is 10.3. The van der Waals surface area contributed by atoms with Gasteiger partial charge in [-0.2, -0.15) is 0 Å². The molecule has 8 nitrogen and oxygen atoms in total. The van der Waals surface area contributed by atoms with Gasteiger partial charge >= 0.3 is 0 Å². The van der Waals surface area contributed by atoms with Crippen LogP contribution in [0.1, 0.15) is 6.42 Å². The van der Waals surface area contributed by atoms with Crippen molar-refractivity contribution in [3.05, 3.63) is 34.4 Å². The molecule has 0 aliphatic carbocycles. The molecule has 1 aromatic rings. The molecule has 8 heteroatoms. The van der Waals surface area contributed by atoms with E-state index in [1.54, 1.807) is 12.1 Å². The third-order valence-corrected chi connectivity index (χ3v) is 2.44. The smallest absolute Gasteiger partial charge is 0.269 e. The number of nitro groups is 1. The summed E-state index contributed by atoms with van der Waals surface area (Å²) in [7, 11) is 0. The fourth-order valence-electron chi connectivity index (χ4n) is 1.30. The molecule has 0 spiro atoms. The number of hydrogen-bond acceptors (Lipinski definition) is 7. The van der Waals surface area contributed by atoms with Crippen molar-refractivity contribution in [1.82, 2.24) is 0 Å². The number of hydrogen-bond donors (Lipinski definition) is 0. The lowest BCUT2D eigenvalue weighted by molar-refractivity contribution is -0.532. The number of non-ortho nitro benzene ring substituents is 1. The largest absolute Gasteiger partial charge is 0.491 e. The Kier molecular flexibility index (Phi) is 5.69. The molecule has 20 heavy (non-hydrogen) atoms. The van der Waals surface area contributed by atoms with Crippen LogP contribution in [0.15, 0.2) is 24.3 Å². The molecule has 0 amide bonds. The normalized spacial score (nSPS) is 20.5. The third-order valence-electron chi connectivity index (χ3n) is 2.44. The van der Waals surface area contributed by atoms with Gasteiger partial charge in [0.25, 0.3) is 5.69 Å². The number of benzene rings is 1. The first kappa shape index (κ1) is 14.7. The molecule has 0 radical (unpaired) electrons. The molecule has 2 aliphatic heterocycles. The predicted octanol–water partition coefficient (Wildman–Crippen LogP) is 1.64. The van der Waals surface area contributed by atoms with Crippen molar-refractivity contribution in [3.63, 3.8) is 0 Å². The zero-order valence-corrected chi connectivity index (χ0v) is 10.7. The van der Waals surface area contributed by atoms with E-state index in [9.17, 15) is 10.1 Å². The molecule has 2 fully saturated rings. The van der Waals surface area contributed by atoms with Gasteiger partial charge in [-0.1, -0.05) is 5.04 Å². The van der Waals surface area contributed by atoms with Crippen LogP contribution < -0.4 is 4.74 Å². The standard InChI is InChI=1S/C9H9NO4.C3H6O3/c11-10(12)7-1-3-8(4-2-7)13-5-9-6-14-9;1-2-4-6-5-3-1/h1-4,9H,5-6H2;1-3H2. The van der Waals surface area contributed by atoms with Crippen LogP contribution >= 0.6 is 0 Å². The first-order valence-corrected chi connectivity index (χ1v) is 6.15.